The molecule has 1 aromatic carbocycles. The molecule has 1 N–H and O–H groups in total. The zero-order valence-corrected chi connectivity index (χ0v) is 15.7. The summed E-state index contributed by atoms with van der Waals surface area (Å²) < 4.78 is 30.1. The van der Waals surface area contributed by atoms with Gasteiger partial charge < -0.3 is 9.84 Å². The van der Waals surface area contributed by atoms with E-state index in [1.54, 1.807) is 12.1 Å². The minimum atomic E-state index is -3.04. The molecule has 0 amide bonds. The highest BCUT2D eigenvalue weighted by Crippen LogP contribution is 2.38. The first-order valence-corrected chi connectivity index (χ1v) is 10.6. The SMILES string of the molecule is CCC/C(=C\c1ccc(O)cc1)CC[C@H]1OC[C@H]2C1=C(C)CS2(=O)=O. The Morgan fingerprint density at radius 1 is 1.28 bits per heavy atom. The van der Waals surface area contributed by atoms with Gasteiger partial charge in [-0.25, -0.2) is 8.42 Å². The molecule has 3 rings (SSSR count). The smallest absolute Gasteiger partial charge is 0.163 e. The molecule has 2 aliphatic heterocycles. The van der Waals surface area contributed by atoms with Crippen LogP contribution in [0.3, 0.4) is 0 Å². The van der Waals surface area contributed by atoms with E-state index < -0.39 is 15.1 Å². The van der Waals surface area contributed by atoms with Crippen molar-refractivity contribution in [2.75, 3.05) is 12.4 Å². The van der Waals surface area contributed by atoms with E-state index in [4.69, 9.17) is 4.74 Å². The van der Waals surface area contributed by atoms with Gasteiger partial charge in [-0.2, -0.15) is 0 Å². The number of allylic oxidation sites excluding steroid dienone is 1. The molecule has 25 heavy (non-hydrogen) atoms. The van der Waals surface area contributed by atoms with Crippen molar-refractivity contribution in [1.82, 2.24) is 0 Å². The van der Waals surface area contributed by atoms with Crippen molar-refractivity contribution in [3.63, 3.8) is 0 Å². The normalized spacial score (nSPS) is 25.4. The molecular weight excluding hydrogens is 336 g/mol. The molecular formula is C20H26O4S. The highest BCUT2D eigenvalue weighted by molar-refractivity contribution is 7.92. The van der Waals surface area contributed by atoms with Crippen LogP contribution in [0.15, 0.2) is 41.0 Å². The van der Waals surface area contributed by atoms with E-state index in [9.17, 15) is 13.5 Å². The summed E-state index contributed by atoms with van der Waals surface area (Å²) >= 11 is 0. The zero-order valence-electron chi connectivity index (χ0n) is 14.9. The second kappa shape index (κ2) is 7.34. The highest BCUT2D eigenvalue weighted by Gasteiger charge is 2.45. The number of fused-ring (bicyclic) bond motifs is 1. The maximum atomic E-state index is 12.2. The van der Waals surface area contributed by atoms with Gasteiger partial charge in [-0.3, -0.25) is 0 Å². The molecule has 0 aliphatic carbocycles. The van der Waals surface area contributed by atoms with Crippen LogP contribution in [-0.4, -0.2) is 37.2 Å². The Morgan fingerprint density at radius 2 is 2.00 bits per heavy atom. The predicted molar refractivity (Wildman–Crippen MR) is 100 cm³/mol. The molecule has 0 unspecified atom stereocenters. The summed E-state index contributed by atoms with van der Waals surface area (Å²) in [5, 5.41) is 8.99. The van der Waals surface area contributed by atoms with Gasteiger partial charge in [-0.1, -0.05) is 42.7 Å². The van der Waals surface area contributed by atoms with Crippen molar-refractivity contribution in [3.05, 3.63) is 46.5 Å². The average molecular weight is 362 g/mol. The van der Waals surface area contributed by atoms with Crippen LogP contribution in [0.5, 0.6) is 5.75 Å². The number of ether oxygens (including phenoxy) is 1. The van der Waals surface area contributed by atoms with E-state index in [1.807, 2.05) is 19.1 Å². The maximum absolute atomic E-state index is 12.2. The largest absolute Gasteiger partial charge is 0.508 e. The van der Waals surface area contributed by atoms with Gasteiger partial charge >= 0.3 is 0 Å². The molecule has 4 nitrogen and oxygen atoms in total. The molecule has 1 fully saturated rings. The Morgan fingerprint density at radius 3 is 2.68 bits per heavy atom. The number of phenolic OH excluding ortho intramolecular Hbond substituents is 1. The second-order valence-corrected chi connectivity index (χ2v) is 9.22. The lowest BCUT2D eigenvalue weighted by atomic mass is 9.95. The van der Waals surface area contributed by atoms with E-state index >= 15 is 0 Å². The monoisotopic (exact) mass is 362 g/mol. The highest BCUT2D eigenvalue weighted by atomic mass is 32.2. The first kappa shape index (κ1) is 18.2. The van der Waals surface area contributed by atoms with Crippen LogP contribution in [0, 0.1) is 0 Å². The van der Waals surface area contributed by atoms with E-state index in [2.05, 4.69) is 13.0 Å². The minimum Gasteiger partial charge on any atom is -0.508 e. The molecule has 1 saturated heterocycles. The van der Waals surface area contributed by atoms with Crippen LogP contribution in [0.1, 0.15) is 45.1 Å². The third-order valence-electron chi connectivity index (χ3n) is 5.05. The topological polar surface area (TPSA) is 63.6 Å². The van der Waals surface area contributed by atoms with Gasteiger partial charge in [0.25, 0.3) is 0 Å². The Kier molecular flexibility index (Phi) is 5.35. The summed E-state index contributed by atoms with van der Waals surface area (Å²) in [6.07, 6.45) is 5.89. The molecule has 0 saturated carbocycles. The first-order chi connectivity index (χ1) is 11.9. The van der Waals surface area contributed by atoms with Crippen molar-refractivity contribution in [3.8, 4) is 5.75 Å². The van der Waals surface area contributed by atoms with Crippen LogP contribution in [0.2, 0.25) is 0 Å². The van der Waals surface area contributed by atoms with Gasteiger partial charge in [0.05, 0.1) is 18.5 Å². The predicted octanol–water partition coefficient (Wildman–Crippen LogP) is 3.87. The fourth-order valence-corrected chi connectivity index (χ4v) is 5.87. The first-order valence-electron chi connectivity index (χ1n) is 8.92. The number of aromatic hydroxyl groups is 1. The molecule has 0 radical (unpaired) electrons. The fourth-order valence-electron chi connectivity index (χ4n) is 3.87. The Balaban J connectivity index is 1.70. The molecule has 2 heterocycles. The quantitative estimate of drug-likeness (QED) is 0.780. The van der Waals surface area contributed by atoms with Gasteiger partial charge in [0.2, 0.25) is 0 Å². The summed E-state index contributed by atoms with van der Waals surface area (Å²) in [4.78, 5) is 0. The molecule has 0 aromatic heterocycles. The van der Waals surface area contributed by atoms with Gasteiger partial charge in [-0.05, 0) is 49.5 Å². The molecule has 0 bridgehead atoms. The summed E-state index contributed by atoms with van der Waals surface area (Å²) in [5.74, 6) is 0.460. The average Bonchev–Trinajstić information content (AvgIpc) is 3.08. The van der Waals surface area contributed by atoms with E-state index in [0.717, 1.165) is 42.4 Å². The number of phenols is 1. The maximum Gasteiger partial charge on any atom is 0.163 e. The minimum absolute atomic E-state index is 0.0673. The lowest BCUT2D eigenvalue weighted by Gasteiger charge is -2.14. The summed E-state index contributed by atoms with van der Waals surface area (Å²) in [6.45, 7) is 4.39. The summed E-state index contributed by atoms with van der Waals surface area (Å²) in [7, 11) is -3.04. The zero-order chi connectivity index (χ0) is 18.0. The van der Waals surface area contributed by atoms with E-state index in [1.165, 1.54) is 5.57 Å². The lowest BCUT2D eigenvalue weighted by molar-refractivity contribution is 0.117. The van der Waals surface area contributed by atoms with Crippen molar-refractivity contribution in [1.29, 1.82) is 0 Å². The van der Waals surface area contributed by atoms with E-state index in [-0.39, 0.29) is 17.6 Å². The lowest BCUT2D eigenvalue weighted by Crippen LogP contribution is -2.19. The third-order valence-corrected chi connectivity index (χ3v) is 7.14. The number of benzene rings is 1. The van der Waals surface area contributed by atoms with E-state index in [0.29, 0.717) is 6.61 Å². The molecule has 1 aromatic rings. The van der Waals surface area contributed by atoms with Crippen molar-refractivity contribution in [2.24, 2.45) is 0 Å². The van der Waals surface area contributed by atoms with Crippen LogP contribution in [0.4, 0.5) is 0 Å². The Labute approximate surface area is 150 Å². The van der Waals surface area contributed by atoms with Crippen LogP contribution < -0.4 is 0 Å². The number of hydrogen-bond acceptors (Lipinski definition) is 4. The molecule has 136 valence electrons. The van der Waals surface area contributed by atoms with Gasteiger partial charge in [0.15, 0.2) is 9.84 Å². The summed E-state index contributed by atoms with van der Waals surface area (Å²) in [6, 6.07) is 7.20. The molecule has 5 heteroatoms. The number of sulfone groups is 1. The third kappa shape index (κ3) is 3.98. The second-order valence-electron chi connectivity index (χ2n) is 7.04. The van der Waals surface area contributed by atoms with Crippen LogP contribution in [0.25, 0.3) is 6.08 Å². The van der Waals surface area contributed by atoms with Gasteiger partial charge in [0.1, 0.15) is 11.0 Å². The number of hydrogen-bond donors (Lipinski definition) is 1. The number of rotatable bonds is 6. The molecule has 2 atom stereocenters. The molecule has 2 aliphatic rings. The molecule has 0 spiro atoms. The van der Waals surface area contributed by atoms with Crippen molar-refractivity contribution in [2.45, 2.75) is 50.9 Å². The van der Waals surface area contributed by atoms with Gasteiger partial charge in [-0.15, -0.1) is 0 Å². The van der Waals surface area contributed by atoms with Crippen LogP contribution >= 0.6 is 0 Å². The Bertz CT molecular complexity index is 787. The van der Waals surface area contributed by atoms with Crippen molar-refractivity contribution < 1.29 is 18.3 Å². The standard InChI is InChI=1S/C20H26O4S/c1-3-4-15(11-16-5-8-17(21)9-6-16)7-10-18-20-14(2)13-25(22,23)19(20)12-24-18/h5-6,8-9,11,18-19,21H,3-4,7,10,12-13H2,1-2H3/b15-11+/t18-,19+/m1/s1. The summed E-state index contributed by atoms with van der Waals surface area (Å²) in [5.41, 5.74) is 4.40. The van der Waals surface area contributed by atoms with Crippen LogP contribution in [-0.2, 0) is 14.6 Å². The Hall–Kier alpha value is -1.59. The fraction of sp³-hybridized carbons (Fsp3) is 0.500. The van der Waals surface area contributed by atoms with Gasteiger partial charge in [0, 0.05) is 0 Å². The van der Waals surface area contributed by atoms with Crippen molar-refractivity contribution >= 4 is 15.9 Å².